The number of rotatable bonds is 12. The minimum Gasteiger partial charge on any atom is -0.178 e. The molecule has 0 aromatic heterocycles. The molecule has 0 fully saturated rings. The lowest BCUT2D eigenvalue weighted by molar-refractivity contribution is 1.57. The summed E-state index contributed by atoms with van der Waals surface area (Å²) in [6.07, 6.45) is 0. The van der Waals surface area contributed by atoms with Gasteiger partial charge in [0.25, 0.3) is 0 Å². The summed E-state index contributed by atoms with van der Waals surface area (Å²) in [7, 11) is 11.7. The average Bonchev–Trinajstić information content (AvgIpc) is 2.26. The topological polar surface area (TPSA) is 0 Å². The molecule has 0 atom stereocenters. The Labute approximate surface area is 128 Å². The Morgan fingerprint density at radius 1 is 0.533 bits per heavy atom. The summed E-state index contributed by atoms with van der Waals surface area (Å²) >= 11 is 8.33. The van der Waals surface area contributed by atoms with Crippen LogP contribution in [0.25, 0.3) is 0 Å². The highest BCUT2D eigenvalue weighted by Crippen LogP contribution is 2.33. The predicted octanol–water partition coefficient (Wildman–Crippen LogP) is 4.95. The van der Waals surface area contributed by atoms with Crippen molar-refractivity contribution in [3.05, 3.63) is 0 Å². The molecule has 0 aliphatic rings. The molecular formula is C7H16S8. The largest absolute Gasteiger partial charge is 0.178 e. The van der Waals surface area contributed by atoms with Crippen LogP contribution in [0.5, 0.6) is 0 Å². The lowest BCUT2D eigenvalue weighted by atomic mass is 11.0. The van der Waals surface area contributed by atoms with E-state index < -0.39 is 0 Å². The third-order valence-electron chi connectivity index (χ3n) is 0.945. The van der Waals surface area contributed by atoms with Gasteiger partial charge in [-0.25, -0.2) is 0 Å². The lowest BCUT2D eigenvalue weighted by Gasteiger charge is -2.00. The number of hydrogen-bond donors (Lipinski definition) is 2. The summed E-state index contributed by atoms with van der Waals surface area (Å²) in [5, 5.41) is 1.18. The van der Waals surface area contributed by atoms with Crippen LogP contribution in [0.1, 0.15) is 0 Å². The van der Waals surface area contributed by atoms with Crippen LogP contribution in [0.4, 0.5) is 0 Å². The van der Waals surface area contributed by atoms with Crippen molar-refractivity contribution in [1.82, 2.24) is 0 Å². The van der Waals surface area contributed by atoms with E-state index in [1.165, 1.54) is 16.6 Å². The summed E-state index contributed by atoms with van der Waals surface area (Å²) in [6.45, 7) is 0. The summed E-state index contributed by atoms with van der Waals surface area (Å²) in [5.74, 6) is 6.75. The normalized spacial score (nSPS) is 10.8. The van der Waals surface area contributed by atoms with E-state index in [9.17, 15) is 0 Å². The Kier molecular flexibility index (Phi) is 19.9. The van der Waals surface area contributed by atoms with Crippen LogP contribution < -0.4 is 0 Å². The second-order valence-electron chi connectivity index (χ2n) is 2.09. The summed E-state index contributed by atoms with van der Waals surface area (Å²) in [6, 6.07) is 0. The van der Waals surface area contributed by atoms with Crippen molar-refractivity contribution in [3.8, 4) is 0 Å². The third-order valence-corrected chi connectivity index (χ3v) is 10.2. The van der Waals surface area contributed by atoms with Crippen molar-refractivity contribution in [1.29, 1.82) is 0 Å². The smallest absolute Gasteiger partial charge is 0.0600 e. The molecule has 0 radical (unpaired) electrons. The van der Waals surface area contributed by atoms with Crippen molar-refractivity contribution in [2.24, 2.45) is 0 Å². The molecule has 0 spiro atoms. The maximum atomic E-state index is 4.17. The van der Waals surface area contributed by atoms with Crippen molar-refractivity contribution in [2.75, 3.05) is 39.6 Å². The van der Waals surface area contributed by atoms with Gasteiger partial charge < -0.3 is 0 Å². The molecule has 0 saturated carbocycles. The van der Waals surface area contributed by atoms with E-state index in [0.29, 0.717) is 0 Å². The van der Waals surface area contributed by atoms with Crippen molar-refractivity contribution < 1.29 is 0 Å². The maximum Gasteiger partial charge on any atom is 0.0600 e. The highest BCUT2D eigenvalue weighted by Gasteiger charge is 1.93. The minimum absolute atomic E-state index is 0.981. The molecule has 0 aromatic rings. The first-order chi connectivity index (χ1) is 7.41. The molecule has 0 nitrogen and oxygen atoms in total. The fourth-order valence-electron chi connectivity index (χ4n) is 0.466. The first-order valence-electron chi connectivity index (χ1n) is 4.36. The van der Waals surface area contributed by atoms with E-state index >= 15 is 0 Å². The zero-order chi connectivity index (χ0) is 11.2. The lowest BCUT2D eigenvalue weighted by Crippen LogP contribution is -1.80. The molecule has 92 valence electrons. The molecular weight excluding hydrogens is 341 g/mol. The molecule has 0 amide bonds. The van der Waals surface area contributed by atoms with Gasteiger partial charge in [-0.1, -0.05) is 64.8 Å². The van der Waals surface area contributed by atoms with E-state index in [0.717, 1.165) is 23.0 Å². The number of thiol groups is 2. The van der Waals surface area contributed by atoms with Crippen LogP contribution in [-0.4, -0.2) is 39.6 Å². The molecule has 0 bridgehead atoms. The molecule has 0 rings (SSSR count). The van der Waals surface area contributed by atoms with Crippen LogP contribution in [0.15, 0.2) is 0 Å². The van der Waals surface area contributed by atoms with Crippen LogP contribution >= 0.6 is 90.0 Å². The van der Waals surface area contributed by atoms with Gasteiger partial charge in [-0.15, -0.1) is 0 Å². The van der Waals surface area contributed by atoms with Crippen LogP contribution in [0.2, 0.25) is 0 Å². The van der Waals surface area contributed by atoms with Gasteiger partial charge in [0.15, 0.2) is 0 Å². The van der Waals surface area contributed by atoms with E-state index in [-0.39, 0.29) is 0 Å². The summed E-state index contributed by atoms with van der Waals surface area (Å²) in [4.78, 5) is 0. The van der Waals surface area contributed by atoms with Gasteiger partial charge in [-0.05, 0) is 0 Å². The zero-order valence-electron chi connectivity index (χ0n) is 8.29. The van der Waals surface area contributed by atoms with Crippen LogP contribution in [-0.2, 0) is 0 Å². The van der Waals surface area contributed by atoms with Gasteiger partial charge in [0.2, 0.25) is 0 Å². The van der Waals surface area contributed by atoms with E-state index in [2.05, 4.69) is 25.3 Å². The standard InChI is InChI=1S/C7H16S8/c8-1-3-10-12-5-6-13-15-7-14-11-4-2-9/h8-9H,1-7H2. The quantitative estimate of drug-likeness (QED) is 0.218. The fourth-order valence-corrected chi connectivity index (χ4v) is 9.40. The zero-order valence-corrected chi connectivity index (χ0v) is 15.0. The molecule has 0 aliphatic carbocycles. The molecule has 0 saturated heterocycles. The fraction of sp³-hybridized carbons (Fsp3) is 1.00. The van der Waals surface area contributed by atoms with Crippen molar-refractivity contribution in [2.45, 2.75) is 0 Å². The summed E-state index contributed by atoms with van der Waals surface area (Å²) < 4.78 is 0. The van der Waals surface area contributed by atoms with Gasteiger partial charge in [0.1, 0.15) is 0 Å². The second-order valence-corrected chi connectivity index (χ2v) is 11.2. The molecule has 0 unspecified atom stereocenters. The molecule has 0 heterocycles. The van der Waals surface area contributed by atoms with E-state index in [4.69, 9.17) is 0 Å². The monoisotopic (exact) mass is 356 g/mol. The Balaban J connectivity index is 2.81. The third kappa shape index (κ3) is 16.8. The minimum atomic E-state index is 0.981. The molecule has 0 aromatic carbocycles. The Hall–Kier alpha value is 2.80. The number of hydrogen-bond acceptors (Lipinski definition) is 8. The highest BCUT2D eigenvalue weighted by molar-refractivity contribution is 8.85. The first-order valence-corrected chi connectivity index (χ1v) is 13.1. The van der Waals surface area contributed by atoms with Crippen LogP contribution in [0, 0.1) is 0 Å². The molecule has 0 aliphatic heterocycles. The van der Waals surface area contributed by atoms with Gasteiger partial charge in [-0.3, -0.25) is 0 Å². The van der Waals surface area contributed by atoms with Gasteiger partial charge >= 0.3 is 0 Å². The SMILES string of the molecule is SCCSSCCSSCSSCCS. The molecule has 15 heavy (non-hydrogen) atoms. The van der Waals surface area contributed by atoms with Crippen LogP contribution in [0.3, 0.4) is 0 Å². The van der Waals surface area contributed by atoms with E-state index in [1.54, 1.807) is 0 Å². The Morgan fingerprint density at radius 2 is 0.933 bits per heavy atom. The summed E-state index contributed by atoms with van der Waals surface area (Å²) in [5.41, 5.74) is 0. The Bertz CT molecular complexity index is 99.2. The van der Waals surface area contributed by atoms with Crippen molar-refractivity contribution in [3.63, 3.8) is 0 Å². The van der Waals surface area contributed by atoms with Crippen molar-refractivity contribution >= 4 is 90.0 Å². The van der Waals surface area contributed by atoms with Gasteiger partial charge in [0, 0.05) is 34.5 Å². The first kappa shape index (κ1) is 17.8. The second kappa shape index (κ2) is 16.8. The average molecular weight is 357 g/mol. The van der Waals surface area contributed by atoms with Gasteiger partial charge in [0.05, 0.1) is 5.08 Å². The predicted molar refractivity (Wildman–Crippen MR) is 97.6 cm³/mol. The maximum absolute atomic E-state index is 4.17. The Morgan fingerprint density at radius 3 is 1.47 bits per heavy atom. The molecule has 0 N–H and O–H groups in total. The van der Waals surface area contributed by atoms with Gasteiger partial charge in [-0.2, -0.15) is 25.3 Å². The van der Waals surface area contributed by atoms with E-state index in [1.807, 2.05) is 64.8 Å². The highest BCUT2D eigenvalue weighted by atomic mass is 33.1. The molecule has 8 heteroatoms.